The maximum absolute atomic E-state index is 10.8. The maximum Gasteiger partial charge on any atom is 0.289 e. The second-order valence-electron chi connectivity index (χ2n) is 6.03. The van der Waals surface area contributed by atoms with Gasteiger partial charge < -0.3 is 10.2 Å². The van der Waals surface area contributed by atoms with Crippen molar-refractivity contribution in [2.24, 2.45) is 0 Å². The van der Waals surface area contributed by atoms with Gasteiger partial charge in [0, 0.05) is 30.9 Å². The number of halogens is 1. The van der Waals surface area contributed by atoms with Gasteiger partial charge in [0.1, 0.15) is 12.0 Å². The molecule has 1 aromatic heterocycles. The quantitative estimate of drug-likeness (QED) is 0.668. The number of pyridine rings is 1. The highest BCUT2D eigenvalue weighted by Gasteiger charge is 2.23. The van der Waals surface area contributed by atoms with Crippen molar-refractivity contribution < 1.29 is 4.92 Å². The Morgan fingerprint density at radius 2 is 2.08 bits per heavy atom. The number of piperidine rings is 1. The highest BCUT2D eigenvalue weighted by Crippen LogP contribution is 2.29. The molecule has 1 fully saturated rings. The zero-order valence-electron chi connectivity index (χ0n) is 13.4. The Morgan fingerprint density at radius 3 is 2.71 bits per heavy atom. The molecule has 126 valence electrons. The average molecular weight is 347 g/mol. The molecule has 0 atom stereocenters. The first-order chi connectivity index (χ1) is 11.5. The van der Waals surface area contributed by atoms with Crippen LogP contribution in [0.1, 0.15) is 18.4 Å². The van der Waals surface area contributed by atoms with Crippen LogP contribution in [0.25, 0.3) is 0 Å². The van der Waals surface area contributed by atoms with E-state index in [1.807, 2.05) is 6.07 Å². The van der Waals surface area contributed by atoms with Gasteiger partial charge in [-0.1, -0.05) is 23.7 Å². The van der Waals surface area contributed by atoms with Gasteiger partial charge in [-0.2, -0.15) is 0 Å². The van der Waals surface area contributed by atoms with Crippen molar-refractivity contribution in [2.45, 2.75) is 25.8 Å². The van der Waals surface area contributed by atoms with E-state index in [9.17, 15) is 10.1 Å². The zero-order valence-corrected chi connectivity index (χ0v) is 14.2. The van der Waals surface area contributed by atoms with Crippen molar-refractivity contribution in [1.29, 1.82) is 0 Å². The number of nitro groups is 1. The number of nitrogens with zero attached hydrogens (tertiary/aromatic N) is 3. The van der Waals surface area contributed by atoms with Crippen molar-refractivity contribution >= 4 is 28.8 Å². The van der Waals surface area contributed by atoms with Gasteiger partial charge in [0.05, 0.1) is 9.95 Å². The lowest BCUT2D eigenvalue weighted by molar-refractivity contribution is -0.385. The van der Waals surface area contributed by atoms with E-state index in [1.54, 1.807) is 0 Å². The molecule has 0 radical (unpaired) electrons. The summed E-state index contributed by atoms with van der Waals surface area (Å²) in [5, 5.41) is 14.7. The third kappa shape index (κ3) is 3.76. The summed E-state index contributed by atoms with van der Waals surface area (Å²) in [6.45, 7) is 3.71. The number of aryl methyl sites for hydroxylation is 1. The van der Waals surface area contributed by atoms with Crippen LogP contribution in [0.15, 0.2) is 36.5 Å². The molecule has 3 rings (SSSR count). The fourth-order valence-electron chi connectivity index (χ4n) is 2.96. The van der Waals surface area contributed by atoms with Gasteiger partial charge in [-0.3, -0.25) is 10.1 Å². The van der Waals surface area contributed by atoms with Crippen LogP contribution in [0.5, 0.6) is 0 Å². The Balaban J connectivity index is 1.62. The molecule has 1 aromatic carbocycles. The van der Waals surface area contributed by atoms with Gasteiger partial charge in [0.15, 0.2) is 0 Å². The Bertz CT molecular complexity index is 745. The summed E-state index contributed by atoms with van der Waals surface area (Å²) in [6, 6.07) is 10.1. The van der Waals surface area contributed by atoms with E-state index in [0.717, 1.165) is 31.6 Å². The molecule has 0 spiro atoms. The van der Waals surface area contributed by atoms with E-state index in [4.69, 9.17) is 11.6 Å². The van der Waals surface area contributed by atoms with E-state index in [2.05, 4.69) is 40.3 Å². The molecule has 0 saturated carbocycles. The van der Waals surface area contributed by atoms with Crippen molar-refractivity contribution in [3.05, 3.63) is 57.2 Å². The Morgan fingerprint density at radius 1 is 1.33 bits per heavy atom. The Kier molecular flexibility index (Phi) is 4.85. The Hall–Kier alpha value is -2.34. The van der Waals surface area contributed by atoms with Crippen LogP contribution in [0, 0.1) is 17.0 Å². The first-order valence-corrected chi connectivity index (χ1v) is 8.29. The molecular formula is C17H19ClN4O2. The number of nitrogens with one attached hydrogen (secondary N) is 1. The monoisotopic (exact) mass is 346 g/mol. The summed E-state index contributed by atoms with van der Waals surface area (Å²) < 4.78 is 0. The molecule has 1 aliphatic rings. The highest BCUT2D eigenvalue weighted by molar-refractivity contribution is 6.33. The largest absolute Gasteiger partial charge is 0.382 e. The molecule has 2 aromatic rings. The molecule has 1 N–H and O–H groups in total. The van der Waals surface area contributed by atoms with Gasteiger partial charge in [-0.05, 0) is 37.5 Å². The van der Waals surface area contributed by atoms with Gasteiger partial charge in [0.2, 0.25) is 0 Å². The van der Waals surface area contributed by atoms with Crippen LogP contribution in [0.2, 0.25) is 5.02 Å². The molecular weight excluding hydrogens is 328 g/mol. The molecule has 7 heteroatoms. The van der Waals surface area contributed by atoms with Gasteiger partial charge in [0.25, 0.3) is 5.69 Å². The number of rotatable bonds is 4. The fourth-order valence-corrected chi connectivity index (χ4v) is 3.24. The van der Waals surface area contributed by atoms with E-state index in [1.165, 1.54) is 17.8 Å². The predicted octanol–water partition coefficient (Wildman–Crippen LogP) is 4.03. The molecule has 2 heterocycles. The van der Waals surface area contributed by atoms with Crippen LogP contribution < -0.4 is 10.2 Å². The van der Waals surface area contributed by atoms with E-state index in [-0.39, 0.29) is 5.69 Å². The molecule has 1 aliphatic heterocycles. The molecule has 0 amide bonds. The third-order valence-corrected chi connectivity index (χ3v) is 4.48. The van der Waals surface area contributed by atoms with Crippen LogP contribution in [-0.4, -0.2) is 29.0 Å². The van der Waals surface area contributed by atoms with Gasteiger partial charge in [-0.15, -0.1) is 0 Å². The van der Waals surface area contributed by atoms with Crippen LogP contribution >= 0.6 is 11.6 Å². The predicted molar refractivity (Wildman–Crippen MR) is 95.9 cm³/mol. The van der Waals surface area contributed by atoms with E-state index in [0.29, 0.717) is 16.9 Å². The Labute approximate surface area is 145 Å². The minimum atomic E-state index is -0.485. The lowest BCUT2D eigenvalue weighted by Gasteiger charge is -2.34. The molecule has 1 saturated heterocycles. The molecule has 0 unspecified atom stereocenters. The van der Waals surface area contributed by atoms with Crippen LogP contribution in [-0.2, 0) is 0 Å². The highest BCUT2D eigenvalue weighted by atomic mass is 35.5. The normalized spacial score (nSPS) is 15.3. The standard InChI is InChI=1S/C17H19ClN4O2/c1-12-3-2-4-14(9-12)20-13-5-7-21(8-6-13)17-16(18)10-15(11-19-17)22(23)24/h2-4,9-11,13,20H,5-8H2,1H3. The number of aromatic nitrogens is 1. The summed E-state index contributed by atoms with van der Waals surface area (Å²) >= 11 is 6.17. The summed E-state index contributed by atoms with van der Waals surface area (Å²) in [5.41, 5.74) is 2.29. The van der Waals surface area contributed by atoms with E-state index < -0.39 is 4.92 Å². The minimum absolute atomic E-state index is 0.0836. The van der Waals surface area contributed by atoms with Crippen LogP contribution in [0.3, 0.4) is 0 Å². The lowest BCUT2D eigenvalue weighted by atomic mass is 10.0. The summed E-state index contributed by atoms with van der Waals surface area (Å²) in [7, 11) is 0. The summed E-state index contributed by atoms with van der Waals surface area (Å²) in [5.74, 6) is 0.622. The maximum atomic E-state index is 10.8. The van der Waals surface area contributed by atoms with Crippen molar-refractivity contribution in [1.82, 2.24) is 4.98 Å². The molecule has 0 aliphatic carbocycles. The van der Waals surface area contributed by atoms with Gasteiger partial charge >= 0.3 is 0 Å². The molecule has 0 bridgehead atoms. The van der Waals surface area contributed by atoms with E-state index >= 15 is 0 Å². The minimum Gasteiger partial charge on any atom is -0.382 e. The van der Waals surface area contributed by atoms with Crippen molar-refractivity contribution in [2.75, 3.05) is 23.3 Å². The number of hydrogen-bond acceptors (Lipinski definition) is 5. The number of anilines is 2. The molecule has 6 nitrogen and oxygen atoms in total. The summed E-state index contributed by atoms with van der Waals surface area (Å²) in [4.78, 5) is 16.5. The SMILES string of the molecule is Cc1cccc(NC2CCN(c3ncc([N+](=O)[O-])cc3Cl)CC2)c1. The third-order valence-electron chi connectivity index (χ3n) is 4.20. The molecule has 24 heavy (non-hydrogen) atoms. The fraction of sp³-hybridized carbons (Fsp3) is 0.353. The second-order valence-corrected chi connectivity index (χ2v) is 6.44. The average Bonchev–Trinajstić information content (AvgIpc) is 2.55. The first kappa shape index (κ1) is 16.5. The topological polar surface area (TPSA) is 71.3 Å². The van der Waals surface area contributed by atoms with Crippen molar-refractivity contribution in [3.8, 4) is 0 Å². The lowest BCUT2D eigenvalue weighted by Crippen LogP contribution is -2.39. The zero-order chi connectivity index (χ0) is 17.1. The number of benzene rings is 1. The van der Waals surface area contributed by atoms with Gasteiger partial charge in [-0.25, -0.2) is 4.98 Å². The first-order valence-electron chi connectivity index (χ1n) is 7.91. The van der Waals surface area contributed by atoms with Crippen LogP contribution in [0.4, 0.5) is 17.2 Å². The number of hydrogen-bond donors (Lipinski definition) is 1. The smallest absolute Gasteiger partial charge is 0.289 e. The second kappa shape index (κ2) is 7.05. The van der Waals surface area contributed by atoms with Crippen molar-refractivity contribution in [3.63, 3.8) is 0 Å². The summed E-state index contributed by atoms with van der Waals surface area (Å²) in [6.07, 6.45) is 3.18.